The van der Waals surface area contributed by atoms with E-state index in [-0.39, 0.29) is 24.0 Å². The number of hydrogen-bond donors (Lipinski definition) is 2. The number of likely N-dealkylation sites (N-methyl/N-ethyl adjacent to an activating group) is 1. The van der Waals surface area contributed by atoms with Crippen molar-refractivity contribution in [1.29, 1.82) is 0 Å². The van der Waals surface area contributed by atoms with E-state index < -0.39 is 0 Å². The Kier molecular flexibility index (Phi) is 9.04. The molecule has 0 aromatic carbocycles. The number of nitrogens with one attached hydrogen (secondary N) is 2. The second-order valence-corrected chi connectivity index (χ2v) is 6.25. The number of aliphatic imine (C=N–C) groups is 1. The molecule has 7 heteroatoms. The summed E-state index contributed by atoms with van der Waals surface area (Å²) in [5, 5.41) is 11.2. The lowest BCUT2D eigenvalue weighted by atomic mass is 10.2. The summed E-state index contributed by atoms with van der Waals surface area (Å²) in [7, 11) is 1.98. The van der Waals surface area contributed by atoms with Crippen molar-refractivity contribution in [2.75, 3.05) is 26.2 Å². The van der Waals surface area contributed by atoms with E-state index in [1.807, 2.05) is 18.7 Å². The molecule has 138 valence electrons. The molecule has 24 heavy (non-hydrogen) atoms. The number of aryl methyl sites for hydroxylation is 2. The van der Waals surface area contributed by atoms with Gasteiger partial charge in [-0.05, 0) is 40.2 Å². The van der Waals surface area contributed by atoms with Crippen LogP contribution in [0.25, 0.3) is 0 Å². The van der Waals surface area contributed by atoms with Crippen molar-refractivity contribution in [3.8, 4) is 0 Å². The highest BCUT2D eigenvalue weighted by Gasteiger charge is 2.27. The van der Waals surface area contributed by atoms with E-state index in [1.165, 1.54) is 24.1 Å². The first-order valence-electron chi connectivity index (χ1n) is 8.82. The van der Waals surface area contributed by atoms with Crippen LogP contribution in [-0.2, 0) is 13.6 Å². The first-order chi connectivity index (χ1) is 11.1. The van der Waals surface area contributed by atoms with Gasteiger partial charge in [0.2, 0.25) is 0 Å². The van der Waals surface area contributed by atoms with Crippen LogP contribution in [0.4, 0.5) is 0 Å². The summed E-state index contributed by atoms with van der Waals surface area (Å²) < 4.78 is 1.93. The van der Waals surface area contributed by atoms with E-state index in [4.69, 9.17) is 4.99 Å². The summed E-state index contributed by atoms with van der Waals surface area (Å²) >= 11 is 0. The zero-order valence-electron chi connectivity index (χ0n) is 15.7. The lowest BCUT2D eigenvalue weighted by Crippen LogP contribution is -2.42. The molecule has 0 radical (unpaired) electrons. The minimum Gasteiger partial charge on any atom is -0.357 e. The zero-order chi connectivity index (χ0) is 16.8. The molecular formula is C17H33IN6. The molecule has 0 amide bonds. The van der Waals surface area contributed by atoms with E-state index in [2.05, 4.69) is 41.4 Å². The average Bonchev–Trinajstić information content (AvgIpc) is 3.32. The van der Waals surface area contributed by atoms with Crippen LogP contribution in [0.2, 0.25) is 0 Å². The number of aromatic nitrogens is 2. The van der Waals surface area contributed by atoms with E-state index in [9.17, 15) is 0 Å². The second-order valence-electron chi connectivity index (χ2n) is 6.25. The van der Waals surface area contributed by atoms with Crippen LogP contribution in [0.5, 0.6) is 0 Å². The Bertz CT molecular complexity index is 535. The number of nitrogens with zero attached hydrogens (tertiary/aromatic N) is 4. The molecule has 1 aliphatic rings. The highest BCUT2D eigenvalue weighted by atomic mass is 127. The molecule has 0 atom stereocenters. The van der Waals surface area contributed by atoms with Crippen molar-refractivity contribution in [2.24, 2.45) is 12.0 Å². The fourth-order valence-electron chi connectivity index (χ4n) is 2.90. The molecule has 6 nitrogen and oxygen atoms in total. The van der Waals surface area contributed by atoms with Crippen LogP contribution >= 0.6 is 24.0 Å². The van der Waals surface area contributed by atoms with Gasteiger partial charge in [0.1, 0.15) is 0 Å². The van der Waals surface area contributed by atoms with Gasteiger partial charge >= 0.3 is 0 Å². The lowest BCUT2D eigenvalue weighted by molar-refractivity contribution is 0.282. The molecule has 0 saturated heterocycles. The fourth-order valence-corrected chi connectivity index (χ4v) is 2.90. The van der Waals surface area contributed by atoms with Gasteiger partial charge in [-0.3, -0.25) is 9.58 Å². The van der Waals surface area contributed by atoms with Crippen molar-refractivity contribution in [1.82, 2.24) is 25.3 Å². The third kappa shape index (κ3) is 5.91. The van der Waals surface area contributed by atoms with Crippen molar-refractivity contribution < 1.29 is 0 Å². The maximum absolute atomic E-state index is 4.72. The van der Waals surface area contributed by atoms with Gasteiger partial charge in [-0.15, -0.1) is 24.0 Å². The zero-order valence-corrected chi connectivity index (χ0v) is 18.1. The van der Waals surface area contributed by atoms with Gasteiger partial charge in [-0.25, -0.2) is 4.99 Å². The first-order valence-corrected chi connectivity index (χ1v) is 8.82. The fraction of sp³-hybridized carbons (Fsp3) is 0.765. The Morgan fingerprint density at radius 1 is 1.29 bits per heavy atom. The van der Waals surface area contributed by atoms with Crippen molar-refractivity contribution in [2.45, 2.75) is 53.1 Å². The molecule has 1 aliphatic carbocycles. The first kappa shape index (κ1) is 21.2. The summed E-state index contributed by atoms with van der Waals surface area (Å²) in [6, 6.07) is 0.821. The lowest BCUT2D eigenvalue weighted by Gasteiger charge is -2.20. The number of halogens is 1. The monoisotopic (exact) mass is 448 g/mol. The van der Waals surface area contributed by atoms with E-state index >= 15 is 0 Å². The molecule has 2 N–H and O–H groups in total. The van der Waals surface area contributed by atoms with Crippen molar-refractivity contribution in [3.63, 3.8) is 0 Å². The standard InChI is InChI=1S/C17H32N6.HI/c1-6-18-17(19-10-11-23(7-2)15-8-9-15)20-12-16-13(3)21-22(5)14(16)4;/h15H,6-12H2,1-5H3,(H2,18,19,20);1H. The minimum absolute atomic E-state index is 0. The molecule has 0 aliphatic heterocycles. The van der Waals surface area contributed by atoms with E-state index in [0.717, 1.165) is 43.9 Å². The van der Waals surface area contributed by atoms with Crippen molar-refractivity contribution in [3.05, 3.63) is 17.0 Å². The highest BCUT2D eigenvalue weighted by Crippen LogP contribution is 2.25. The molecule has 1 saturated carbocycles. The Balaban J connectivity index is 0.00000288. The smallest absolute Gasteiger partial charge is 0.191 e. The largest absolute Gasteiger partial charge is 0.357 e. The average molecular weight is 448 g/mol. The summed E-state index contributed by atoms with van der Waals surface area (Å²) in [6.45, 7) is 13.2. The second kappa shape index (κ2) is 10.2. The highest BCUT2D eigenvalue weighted by molar-refractivity contribution is 14.0. The molecule has 1 aromatic heterocycles. The van der Waals surface area contributed by atoms with Gasteiger partial charge in [0.25, 0.3) is 0 Å². The Morgan fingerprint density at radius 3 is 2.50 bits per heavy atom. The maximum atomic E-state index is 4.72. The van der Waals surface area contributed by atoms with Gasteiger partial charge in [0.05, 0.1) is 12.2 Å². The van der Waals surface area contributed by atoms with Gasteiger partial charge in [-0.2, -0.15) is 5.10 Å². The van der Waals surface area contributed by atoms with Gasteiger partial charge in [0, 0.05) is 44.0 Å². The van der Waals surface area contributed by atoms with Gasteiger partial charge < -0.3 is 10.6 Å². The van der Waals surface area contributed by atoms with Crippen LogP contribution < -0.4 is 10.6 Å². The third-order valence-corrected chi connectivity index (χ3v) is 4.56. The number of hydrogen-bond acceptors (Lipinski definition) is 3. The normalized spacial score (nSPS) is 14.7. The molecule has 0 unspecified atom stereocenters. The predicted octanol–water partition coefficient (Wildman–Crippen LogP) is 2.19. The molecule has 1 fully saturated rings. The SMILES string of the molecule is CCNC(=NCc1c(C)nn(C)c1C)NCCN(CC)C1CC1.I. The summed E-state index contributed by atoms with van der Waals surface area (Å²) in [6.07, 6.45) is 2.73. The van der Waals surface area contributed by atoms with Gasteiger partial charge in [0.15, 0.2) is 5.96 Å². The molecule has 0 bridgehead atoms. The van der Waals surface area contributed by atoms with Crippen LogP contribution in [0, 0.1) is 13.8 Å². The van der Waals surface area contributed by atoms with Crippen molar-refractivity contribution >= 4 is 29.9 Å². The molecule has 1 heterocycles. The number of guanidine groups is 1. The predicted molar refractivity (Wildman–Crippen MR) is 111 cm³/mol. The topological polar surface area (TPSA) is 57.5 Å². The Labute approximate surface area is 163 Å². The molecule has 0 spiro atoms. The quantitative estimate of drug-likeness (QED) is 0.364. The maximum Gasteiger partial charge on any atom is 0.191 e. The summed E-state index contributed by atoms with van der Waals surface area (Å²) in [5.74, 6) is 0.891. The Morgan fingerprint density at radius 2 is 2.00 bits per heavy atom. The number of rotatable bonds is 8. The summed E-state index contributed by atoms with van der Waals surface area (Å²) in [4.78, 5) is 7.27. The van der Waals surface area contributed by atoms with E-state index in [0.29, 0.717) is 6.54 Å². The molecule has 1 aromatic rings. The third-order valence-electron chi connectivity index (χ3n) is 4.56. The summed E-state index contributed by atoms with van der Waals surface area (Å²) in [5.41, 5.74) is 3.47. The van der Waals surface area contributed by atoms with E-state index in [1.54, 1.807) is 0 Å². The molecule has 2 rings (SSSR count). The molecular weight excluding hydrogens is 415 g/mol. The van der Waals surface area contributed by atoms with Gasteiger partial charge in [-0.1, -0.05) is 6.92 Å². The van der Waals surface area contributed by atoms with Crippen LogP contribution in [0.1, 0.15) is 43.6 Å². The van der Waals surface area contributed by atoms with Crippen LogP contribution in [0.3, 0.4) is 0 Å². The minimum atomic E-state index is 0. The Hall–Kier alpha value is -0.830. The van der Waals surface area contributed by atoms with Crippen LogP contribution in [0.15, 0.2) is 4.99 Å². The van der Waals surface area contributed by atoms with Crippen LogP contribution in [-0.4, -0.2) is 52.9 Å².